The van der Waals surface area contributed by atoms with Gasteiger partial charge in [-0.15, -0.1) is 0 Å². The summed E-state index contributed by atoms with van der Waals surface area (Å²) in [5, 5.41) is 2.20. The molecule has 2 aromatic rings. The maximum atomic E-state index is 11.9. The van der Waals surface area contributed by atoms with Crippen LogP contribution in [0, 0.1) is 6.92 Å². The second-order valence-electron chi connectivity index (χ2n) is 3.87. The van der Waals surface area contributed by atoms with E-state index in [9.17, 15) is 4.79 Å². The van der Waals surface area contributed by atoms with Gasteiger partial charge in [0.05, 0.1) is 0 Å². The number of carbonyl (C=O) groups is 1. The van der Waals surface area contributed by atoms with Crippen LogP contribution in [-0.4, -0.2) is 5.78 Å². The van der Waals surface area contributed by atoms with E-state index in [0.29, 0.717) is 6.42 Å². The molecule has 0 N–H and O–H groups in total. The molecule has 0 amide bonds. The molecule has 0 aromatic heterocycles. The quantitative estimate of drug-likeness (QED) is 0.738. The normalized spacial score (nSPS) is 10.7. The zero-order valence-electron chi connectivity index (χ0n) is 9.38. The maximum absolute atomic E-state index is 11.9. The van der Waals surface area contributed by atoms with Crippen molar-refractivity contribution < 1.29 is 4.79 Å². The summed E-state index contributed by atoms with van der Waals surface area (Å²) >= 11 is 3.49. The molecule has 0 aliphatic rings. The number of Topliss-reactive ketones (excluding diaryl/α,β-unsaturated/α-hetero) is 1. The summed E-state index contributed by atoms with van der Waals surface area (Å²) in [6.07, 6.45) is 0.533. The summed E-state index contributed by atoms with van der Waals surface area (Å²) in [5.74, 6) is 0.183. The summed E-state index contributed by atoms with van der Waals surface area (Å²) in [6, 6.07) is 10.1. The van der Waals surface area contributed by atoms with Crippen molar-refractivity contribution in [3.05, 3.63) is 45.9 Å². The number of rotatable bonds is 2. The van der Waals surface area contributed by atoms with Crippen molar-refractivity contribution in [1.82, 2.24) is 0 Å². The van der Waals surface area contributed by atoms with Crippen molar-refractivity contribution in [3.63, 3.8) is 0 Å². The van der Waals surface area contributed by atoms with Crippen LogP contribution in [0.1, 0.15) is 29.3 Å². The van der Waals surface area contributed by atoms with E-state index >= 15 is 0 Å². The summed E-state index contributed by atoms with van der Waals surface area (Å²) in [7, 11) is 0. The first-order valence-electron chi connectivity index (χ1n) is 5.36. The van der Waals surface area contributed by atoms with Crippen molar-refractivity contribution in [3.8, 4) is 0 Å². The lowest BCUT2D eigenvalue weighted by atomic mass is 9.97. The first kappa shape index (κ1) is 11.3. The van der Waals surface area contributed by atoms with Gasteiger partial charge in [0.15, 0.2) is 5.78 Å². The van der Waals surface area contributed by atoms with Crippen LogP contribution < -0.4 is 0 Å². The minimum atomic E-state index is 0.183. The van der Waals surface area contributed by atoms with Crippen LogP contribution in [0.5, 0.6) is 0 Å². The minimum Gasteiger partial charge on any atom is -0.294 e. The summed E-state index contributed by atoms with van der Waals surface area (Å²) < 4.78 is 0.899. The van der Waals surface area contributed by atoms with Crippen LogP contribution in [0.25, 0.3) is 10.8 Å². The largest absolute Gasteiger partial charge is 0.294 e. The average Bonchev–Trinajstić information content (AvgIpc) is 2.28. The van der Waals surface area contributed by atoms with E-state index in [1.807, 2.05) is 31.2 Å². The van der Waals surface area contributed by atoms with Gasteiger partial charge in [-0.05, 0) is 29.3 Å². The number of fused-ring (bicyclic) bond motifs is 1. The standard InChI is InChI=1S/C14H13BrO/c1-3-13(16)14-11-7-5-4-6-10(11)9(2)8-12(14)15/h4-8H,3H2,1-2H3. The molecular weight excluding hydrogens is 264 g/mol. The van der Waals surface area contributed by atoms with Gasteiger partial charge in [-0.25, -0.2) is 0 Å². The highest BCUT2D eigenvalue weighted by molar-refractivity contribution is 9.10. The Labute approximate surface area is 104 Å². The number of hydrogen-bond donors (Lipinski definition) is 0. The molecule has 0 aliphatic heterocycles. The molecule has 0 atom stereocenters. The first-order chi connectivity index (χ1) is 7.65. The van der Waals surface area contributed by atoms with Gasteiger partial charge < -0.3 is 0 Å². The Bertz CT molecular complexity index is 558. The third-order valence-corrected chi connectivity index (χ3v) is 3.43. The molecule has 0 spiro atoms. The van der Waals surface area contributed by atoms with E-state index in [0.717, 1.165) is 20.8 Å². The fourth-order valence-electron chi connectivity index (χ4n) is 1.97. The summed E-state index contributed by atoms with van der Waals surface area (Å²) in [4.78, 5) is 11.9. The smallest absolute Gasteiger partial charge is 0.164 e. The Balaban J connectivity index is 2.87. The van der Waals surface area contributed by atoms with Crippen molar-refractivity contribution in [2.45, 2.75) is 20.3 Å². The lowest BCUT2D eigenvalue weighted by molar-refractivity contribution is 0.0989. The first-order valence-corrected chi connectivity index (χ1v) is 6.15. The van der Waals surface area contributed by atoms with Crippen molar-refractivity contribution in [2.75, 3.05) is 0 Å². The molecule has 0 saturated heterocycles. The van der Waals surface area contributed by atoms with Gasteiger partial charge in [0, 0.05) is 16.5 Å². The van der Waals surface area contributed by atoms with Crippen molar-refractivity contribution in [2.24, 2.45) is 0 Å². The Morgan fingerprint density at radius 3 is 2.50 bits per heavy atom. The Morgan fingerprint density at radius 1 is 1.25 bits per heavy atom. The number of benzene rings is 2. The molecular formula is C14H13BrO. The van der Waals surface area contributed by atoms with E-state index in [4.69, 9.17) is 0 Å². The lowest BCUT2D eigenvalue weighted by Gasteiger charge is -2.10. The predicted octanol–water partition coefficient (Wildman–Crippen LogP) is 4.50. The maximum Gasteiger partial charge on any atom is 0.164 e. The monoisotopic (exact) mass is 276 g/mol. The second-order valence-corrected chi connectivity index (χ2v) is 4.73. The van der Waals surface area contributed by atoms with E-state index in [1.54, 1.807) is 0 Å². The van der Waals surface area contributed by atoms with Gasteiger partial charge in [0.1, 0.15) is 0 Å². The van der Waals surface area contributed by atoms with E-state index < -0.39 is 0 Å². The lowest BCUT2D eigenvalue weighted by Crippen LogP contribution is -2.00. The average molecular weight is 277 g/mol. The number of carbonyl (C=O) groups excluding carboxylic acids is 1. The third-order valence-electron chi connectivity index (χ3n) is 2.80. The fraction of sp³-hybridized carbons (Fsp3) is 0.214. The zero-order chi connectivity index (χ0) is 11.7. The SMILES string of the molecule is CCC(=O)c1c(Br)cc(C)c2ccccc12. The topological polar surface area (TPSA) is 17.1 Å². The molecule has 2 rings (SSSR count). The van der Waals surface area contributed by atoms with Gasteiger partial charge in [0.2, 0.25) is 0 Å². The molecule has 0 radical (unpaired) electrons. The molecule has 2 heteroatoms. The molecule has 0 aliphatic carbocycles. The fourth-order valence-corrected chi connectivity index (χ4v) is 2.75. The van der Waals surface area contributed by atoms with E-state index in [1.165, 1.54) is 5.56 Å². The number of hydrogen-bond acceptors (Lipinski definition) is 1. The molecule has 0 unspecified atom stereocenters. The Kier molecular flexibility index (Phi) is 3.10. The highest BCUT2D eigenvalue weighted by atomic mass is 79.9. The third kappa shape index (κ3) is 1.78. The highest BCUT2D eigenvalue weighted by Gasteiger charge is 2.13. The Hall–Kier alpha value is -1.15. The minimum absolute atomic E-state index is 0.183. The molecule has 0 saturated carbocycles. The van der Waals surface area contributed by atoms with Crippen LogP contribution in [0.3, 0.4) is 0 Å². The predicted molar refractivity (Wildman–Crippen MR) is 71.0 cm³/mol. The molecule has 0 fully saturated rings. The number of ketones is 1. The van der Waals surface area contributed by atoms with Crippen molar-refractivity contribution >= 4 is 32.5 Å². The van der Waals surface area contributed by atoms with E-state index in [2.05, 4.69) is 28.9 Å². The van der Waals surface area contributed by atoms with Crippen LogP contribution >= 0.6 is 15.9 Å². The Morgan fingerprint density at radius 2 is 1.88 bits per heavy atom. The number of halogens is 1. The van der Waals surface area contributed by atoms with Crippen molar-refractivity contribution in [1.29, 1.82) is 0 Å². The van der Waals surface area contributed by atoms with Crippen LogP contribution in [0.15, 0.2) is 34.8 Å². The summed E-state index contributed by atoms with van der Waals surface area (Å²) in [5.41, 5.74) is 2.00. The van der Waals surface area contributed by atoms with Crippen LogP contribution in [-0.2, 0) is 0 Å². The van der Waals surface area contributed by atoms with Gasteiger partial charge in [-0.2, -0.15) is 0 Å². The van der Waals surface area contributed by atoms with Gasteiger partial charge in [-0.3, -0.25) is 4.79 Å². The van der Waals surface area contributed by atoms with Crippen LogP contribution in [0.4, 0.5) is 0 Å². The van der Waals surface area contributed by atoms with Gasteiger partial charge in [-0.1, -0.05) is 47.1 Å². The number of aryl methyl sites for hydroxylation is 1. The second kappa shape index (κ2) is 4.38. The molecule has 0 heterocycles. The van der Waals surface area contributed by atoms with Gasteiger partial charge in [0.25, 0.3) is 0 Å². The molecule has 82 valence electrons. The summed E-state index contributed by atoms with van der Waals surface area (Å²) in [6.45, 7) is 3.96. The van der Waals surface area contributed by atoms with E-state index in [-0.39, 0.29) is 5.78 Å². The molecule has 2 aromatic carbocycles. The zero-order valence-corrected chi connectivity index (χ0v) is 11.0. The molecule has 1 nitrogen and oxygen atoms in total. The molecule has 16 heavy (non-hydrogen) atoms. The van der Waals surface area contributed by atoms with Gasteiger partial charge >= 0.3 is 0 Å². The van der Waals surface area contributed by atoms with Crippen LogP contribution in [0.2, 0.25) is 0 Å². The highest BCUT2D eigenvalue weighted by Crippen LogP contribution is 2.30. The molecule has 0 bridgehead atoms.